The fraction of sp³-hybridized carbons (Fsp3) is 0.923. The zero-order valence-corrected chi connectivity index (χ0v) is 10.8. The highest BCUT2D eigenvalue weighted by Gasteiger charge is 2.27. The second kappa shape index (κ2) is 5.83. The van der Waals surface area contributed by atoms with Gasteiger partial charge in [0.25, 0.3) is 0 Å². The Labute approximate surface area is 104 Å². The minimum Gasteiger partial charge on any atom is -0.353 e. The van der Waals surface area contributed by atoms with Gasteiger partial charge in [0.15, 0.2) is 0 Å². The zero-order chi connectivity index (χ0) is 12.3. The first-order chi connectivity index (χ1) is 8.19. The molecule has 3 N–H and O–H groups in total. The summed E-state index contributed by atoms with van der Waals surface area (Å²) in [5, 5.41) is 3.05. The SMILES string of the molecule is CC1CCN(C(CN)CC(=O)NC2CC2)CC1. The highest BCUT2D eigenvalue weighted by Crippen LogP contribution is 2.21. The van der Waals surface area contributed by atoms with E-state index in [9.17, 15) is 4.79 Å². The topological polar surface area (TPSA) is 58.4 Å². The molecule has 1 amide bonds. The fourth-order valence-electron chi connectivity index (χ4n) is 2.48. The van der Waals surface area contributed by atoms with E-state index in [0.29, 0.717) is 19.0 Å². The number of nitrogens with zero attached hydrogens (tertiary/aromatic N) is 1. The molecule has 1 aliphatic carbocycles. The molecule has 1 saturated carbocycles. The molecule has 0 aromatic heterocycles. The van der Waals surface area contributed by atoms with E-state index >= 15 is 0 Å². The lowest BCUT2D eigenvalue weighted by Gasteiger charge is -2.35. The Morgan fingerprint density at radius 3 is 2.53 bits per heavy atom. The predicted molar refractivity (Wildman–Crippen MR) is 68.6 cm³/mol. The molecule has 1 aliphatic heterocycles. The summed E-state index contributed by atoms with van der Waals surface area (Å²) in [6.45, 7) is 5.08. The number of rotatable bonds is 5. The maximum atomic E-state index is 11.8. The van der Waals surface area contributed by atoms with E-state index in [1.54, 1.807) is 0 Å². The van der Waals surface area contributed by atoms with Crippen LogP contribution in [0.4, 0.5) is 0 Å². The number of likely N-dealkylation sites (tertiary alicyclic amines) is 1. The average Bonchev–Trinajstić information content (AvgIpc) is 3.11. The quantitative estimate of drug-likeness (QED) is 0.743. The van der Waals surface area contributed by atoms with Gasteiger partial charge in [-0.1, -0.05) is 6.92 Å². The molecule has 4 nitrogen and oxygen atoms in total. The van der Waals surface area contributed by atoms with Crippen LogP contribution in [0.25, 0.3) is 0 Å². The molecule has 2 fully saturated rings. The van der Waals surface area contributed by atoms with Crippen molar-refractivity contribution in [3.05, 3.63) is 0 Å². The van der Waals surface area contributed by atoms with Crippen molar-refractivity contribution in [2.24, 2.45) is 11.7 Å². The Hall–Kier alpha value is -0.610. The number of piperidine rings is 1. The van der Waals surface area contributed by atoms with E-state index in [4.69, 9.17) is 5.73 Å². The predicted octanol–water partition coefficient (Wildman–Crippen LogP) is 0.714. The van der Waals surface area contributed by atoms with Crippen molar-refractivity contribution in [1.82, 2.24) is 10.2 Å². The molecule has 1 atom stereocenters. The molecule has 0 aromatic carbocycles. The van der Waals surface area contributed by atoms with Crippen LogP contribution in [-0.4, -0.2) is 42.5 Å². The molecule has 0 radical (unpaired) electrons. The van der Waals surface area contributed by atoms with Crippen molar-refractivity contribution in [1.29, 1.82) is 0 Å². The summed E-state index contributed by atoms with van der Waals surface area (Å²) in [5.74, 6) is 1.01. The Kier molecular flexibility index (Phi) is 4.40. The van der Waals surface area contributed by atoms with Gasteiger partial charge in [-0.25, -0.2) is 0 Å². The first kappa shape index (κ1) is 12.8. The molecule has 0 bridgehead atoms. The third kappa shape index (κ3) is 3.96. The van der Waals surface area contributed by atoms with Gasteiger partial charge >= 0.3 is 0 Å². The van der Waals surface area contributed by atoms with Gasteiger partial charge in [0.2, 0.25) is 5.91 Å². The van der Waals surface area contributed by atoms with Crippen LogP contribution >= 0.6 is 0 Å². The number of hydrogen-bond acceptors (Lipinski definition) is 3. The summed E-state index contributed by atoms with van der Waals surface area (Å²) in [5.41, 5.74) is 5.81. The van der Waals surface area contributed by atoms with Crippen LogP contribution in [0.3, 0.4) is 0 Å². The largest absolute Gasteiger partial charge is 0.353 e. The Morgan fingerprint density at radius 1 is 1.35 bits per heavy atom. The van der Waals surface area contributed by atoms with E-state index < -0.39 is 0 Å². The molecule has 1 saturated heterocycles. The van der Waals surface area contributed by atoms with Crippen molar-refractivity contribution >= 4 is 5.91 Å². The summed E-state index contributed by atoms with van der Waals surface area (Å²) >= 11 is 0. The summed E-state index contributed by atoms with van der Waals surface area (Å²) < 4.78 is 0. The average molecular weight is 239 g/mol. The van der Waals surface area contributed by atoms with Crippen LogP contribution < -0.4 is 11.1 Å². The minimum absolute atomic E-state index is 0.182. The highest BCUT2D eigenvalue weighted by atomic mass is 16.1. The fourth-order valence-corrected chi connectivity index (χ4v) is 2.48. The number of hydrogen-bond donors (Lipinski definition) is 2. The number of carbonyl (C=O) groups excluding carboxylic acids is 1. The van der Waals surface area contributed by atoms with Gasteiger partial charge in [0, 0.05) is 25.0 Å². The molecule has 17 heavy (non-hydrogen) atoms. The number of amides is 1. The van der Waals surface area contributed by atoms with Crippen molar-refractivity contribution in [3.8, 4) is 0 Å². The Balaban J connectivity index is 1.76. The first-order valence-electron chi connectivity index (χ1n) is 6.92. The van der Waals surface area contributed by atoms with Gasteiger partial charge in [-0.15, -0.1) is 0 Å². The van der Waals surface area contributed by atoms with Crippen molar-refractivity contribution in [2.75, 3.05) is 19.6 Å². The summed E-state index contributed by atoms with van der Waals surface area (Å²) in [4.78, 5) is 14.2. The Bertz CT molecular complexity index is 257. The molecule has 1 heterocycles. The van der Waals surface area contributed by atoms with Crippen LogP contribution in [0.2, 0.25) is 0 Å². The molecule has 4 heteroatoms. The molecule has 0 spiro atoms. The first-order valence-corrected chi connectivity index (χ1v) is 6.92. The number of carbonyl (C=O) groups is 1. The lowest BCUT2D eigenvalue weighted by atomic mass is 9.97. The van der Waals surface area contributed by atoms with Gasteiger partial charge in [0.05, 0.1) is 0 Å². The maximum absolute atomic E-state index is 11.8. The second-order valence-electron chi connectivity index (χ2n) is 5.65. The summed E-state index contributed by atoms with van der Waals surface area (Å²) in [7, 11) is 0. The third-order valence-corrected chi connectivity index (χ3v) is 3.97. The molecular formula is C13H25N3O. The number of nitrogens with two attached hydrogens (primary N) is 1. The molecule has 2 aliphatic rings. The maximum Gasteiger partial charge on any atom is 0.221 e. The van der Waals surface area contributed by atoms with E-state index in [0.717, 1.165) is 31.8 Å². The van der Waals surface area contributed by atoms with Crippen LogP contribution in [0, 0.1) is 5.92 Å². The van der Waals surface area contributed by atoms with Crippen molar-refractivity contribution in [3.63, 3.8) is 0 Å². The van der Waals surface area contributed by atoms with E-state index in [-0.39, 0.29) is 11.9 Å². The van der Waals surface area contributed by atoms with Gasteiger partial charge in [-0.05, 0) is 44.7 Å². The van der Waals surface area contributed by atoms with Gasteiger partial charge in [-0.2, -0.15) is 0 Å². The molecule has 1 unspecified atom stereocenters. The Morgan fingerprint density at radius 2 is 2.00 bits per heavy atom. The van der Waals surface area contributed by atoms with Crippen LogP contribution in [0.15, 0.2) is 0 Å². The van der Waals surface area contributed by atoms with Crippen LogP contribution in [-0.2, 0) is 4.79 Å². The van der Waals surface area contributed by atoms with Crippen LogP contribution in [0.1, 0.15) is 39.0 Å². The monoisotopic (exact) mass is 239 g/mol. The zero-order valence-electron chi connectivity index (χ0n) is 10.8. The van der Waals surface area contributed by atoms with Crippen molar-refractivity contribution in [2.45, 2.75) is 51.1 Å². The standard InChI is InChI=1S/C13H25N3O/c1-10-4-6-16(7-5-10)12(9-14)8-13(17)15-11-2-3-11/h10-12H,2-9,14H2,1H3,(H,15,17). The number of nitrogens with one attached hydrogen (secondary N) is 1. The van der Waals surface area contributed by atoms with E-state index in [1.807, 2.05) is 0 Å². The molecular weight excluding hydrogens is 214 g/mol. The molecule has 98 valence electrons. The van der Waals surface area contributed by atoms with Gasteiger partial charge in [-0.3, -0.25) is 9.69 Å². The van der Waals surface area contributed by atoms with Gasteiger partial charge in [0.1, 0.15) is 0 Å². The normalized spacial score (nSPS) is 24.6. The molecule has 0 aromatic rings. The second-order valence-corrected chi connectivity index (χ2v) is 5.65. The lowest BCUT2D eigenvalue weighted by molar-refractivity contribution is -0.122. The summed E-state index contributed by atoms with van der Waals surface area (Å²) in [6.07, 6.45) is 5.35. The van der Waals surface area contributed by atoms with E-state index in [2.05, 4.69) is 17.1 Å². The lowest BCUT2D eigenvalue weighted by Crippen LogP contribution is -2.47. The minimum atomic E-state index is 0.182. The van der Waals surface area contributed by atoms with E-state index in [1.165, 1.54) is 12.8 Å². The van der Waals surface area contributed by atoms with Gasteiger partial charge < -0.3 is 11.1 Å². The smallest absolute Gasteiger partial charge is 0.221 e. The molecule has 2 rings (SSSR count). The van der Waals surface area contributed by atoms with Crippen LogP contribution in [0.5, 0.6) is 0 Å². The highest BCUT2D eigenvalue weighted by molar-refractivity contribution is 5.77. The van der Waals surface area contributed by atoms with Crippen molar-refractivity contribution < 1.29 is 4.79 Å². The third-order valence-electron chi connectivity index (χ3n) is 3.97. The summed E-state index contributed by atoms with van der Waals surface area (Å²) in [6, 6.07) is 0.698.